The number of aromatic nitrogens is 5. The molecule has 0 bridgehead atoms. The first kappa shape index (κ1) is 23.1. The number of anilines is 3. The molecule has 1 aromatic carbocycles. The average Bonchev–Trinajstić information content (AvgIpc) is 3.32. The second kappa shape index (κ2) is 9.44. The third-order valence-electron chi connectivity index (χ3n) is 5.52. The highest BCUT2D eigenvalue weighted by atomic mass is 19.1. The fourth-order valence-corrected chi connectivity index (χ4v) is 3.64. The molecule has 10 heteroatoms. The van der Waals surface area contributed by atoms with Gasteiger partial charge in [0.2, 0.25) is 11.9 Å². The molecule has 0 saturated heterocycles. The van der Waals surface area contributed by atoms with Gasteiger partial charge in [0, 0.05) is 23.8 Å². The molecule has 9 nitrogen and oxygen atoms in total. The van der Waals surface area contributed by atoms with E-state index in [1.165, 1.54) is 6.08 Å². The van der Waals surface area contributed by atoms with Crippen molar-refractivity contribution in [2.24, 2.45) is 0 Å². The molecule has 0 radical (unpaired) electrons. The Morgan fingerprint density at radius 1 is 1.26 bits per heavy atom. The van der Waals surface area contributed by atoms with Gasteiger partial charge in [0.15, 0.2) is 11.6 Å². The van der Waals surface area contributed by atoms with Crippen molar-refractivity contribution in [3.63, 3.8) is 0 Å². The summed E-state index contributed by atoms with van der Waals surface area (Å²) in [4.78, 5) is 22.3. The second-order valence-corrected chi connectivity index (χ2v) is 8.27. The van der Waals surface area contributed by atoms with Gasteiger partial charge in [0.05, 0.1) is 35.8 Å². The summed E-state index contributed by atoms with van der Waals surface area (Å²) in [6.45, 7) is 8.95. The maximum absolute atomic E-state index is 14.8. The Morgan fingerprint density at radius 3 is 2.79 bits per heavy atom. The number of carbonyl (C=O) groups excluding carboxylic acids is 1. The predicted molar refractivity (Wildman–Crippen MR) is 131 cm³/mol. The van der Waals surface area contributed by atoms with Crippen LogP contribution >= 0.6 is 0 Å². The number of rotatable bonds is 8. The summed E-state index contributed by atoms with van der Waals surface area (Å²) in [7, 11) is 4.02. The van der Waals surface area contributed by atoms with Crippen LogP contribution in [0.5, 0.6) is 0 Å². The Balaban J connectivity index is 1.65. The Labute approximate surface area is 196 Å². The number of aryl methyl sites for hydroxylation is 1. The van der Waals surface area contributed by atoms with Gasteiger partial charge in [-0.2, -0.15) is 10.1 Å². The van der Waals surface area contributed by atoms with Crippen LogP contribution in [0.25, 0.3) is 16.7 Å². The van der Waals surface area contributed by atoms with Crippen LogP contribution in [0.1, 0.15) is 11.3 Å². The molecule has 4 rings (SSSR count). The van der Waals surface area contributed by atoms with Gasteiger partial charge in [-0.25, -0.2) is 9.37 Å². The molecular weight excluding hydrogens is 435 g/mol. The van der Waals surface area contributed by atoms with Crippen molar-refractivity contribution in [3.05, 3.63) is 66.5 Å². The van der Waals surface area contributed by atoms with E-state index in [9.17, 15) is 9.18 Å². The highest BCUT2D eigenvalue weighted by molar-refractivity contribution is 6.00. The Bertz CT molecular complexity index is 1370. The molecule has 2 N–H and O–H groups in total. The number of hydrogen-bond acceptors (Lipinski definition) is 6. The lowest BCUT2D eigenvalue weighted by Gasteiger charge is -2.11. The van der Waals surface area contributed by atoms with Crippen molar-refractivity contribution >= 4 is 34.1 Å². The lowest BCUT2D eigenvalue weighted by atomic mass is 10.2. The van der Waals surface area contributed by atoms with Crippen LogP contribution < -0.4 is 10.6 Å². The third kappa shape index (κ3) is 4.67. The van der Waals surface area contributed by atoms with Crippen molar-refractivity contribution in [2.75, 3.05) is 31.3 Å². The van der Waals surface area contributed by atoms with Crippen LogP contribution in [0.15, 0.2) is 49.4 Å². The van der Waals surface area contributed by atoms with Crippen LogP contribution in [-0.2, 0) is 11.3 Å². The highest BCUT2D eigenvalue weighted by Gasteiger charge is 2.16. The molecule has 34 heavy (non-hydrogen) atoms. The largest absolute Gasteiger partial charge is 0.323 e. The van der Waals surface area contributed by atoms with Crippen LogP contribution in [0.2, 0.25) is 0 Å². The van der Waals surface area contributed by atoms with Crippen LogP contribution in [0.3, 0.4) is 0 Å². The summed E-state index contributed by atoms with van der Waals surface area (Å²) in [6, 6.07) is 5.41. The van der Waals surface area contributed by atoms with Gasteiger partial charge < -0.3 is 15.5 Å². The normalized spacial score (nSPS) is 11.2. The van der Waals surface area contributed by atoms with Crippen molar-refractivity contribution in [1.82, 2.24) is 29.2 Å². The number of nitrogens with zero attached hydrogens (tertiary/aromatic N) is 6. The second-order valence-electron chi connectivity index (χ2n) is 8.27. The molecule has 0 aliphatic carbocycles. The highest BCUT2D eigenvalue weighted by Crippen LogP contribution is 2.28. The monoisotopic (exact) mass is 462 g/mol. The third-order valence-corrected chi connectivity index (χ3v) is 5.52. The zero-order chi connectivity index (χ0) is 24.4. The lowest BCUT2D eigenvalue weighted by molar-refractivity contribution is -0.111. The van der Waals surface area contributed by atoms with Gasteiger partial charge in [-0.15, -0.1) is 0 Å². The van der Waals surface area contributed by atoms with Crippen LogP contribution in [-0.4, -0.2) is 55.8 Å². The molecule has 0 aliphatic rings. The molecule has 176 valence electrons. The van der Waals surface area contributed by atoms with Gasteiger partial charge in [0.1, 0.15) is 0 Å². The molecule has 4 aromatic rings. The summed E-state index contributed by atoms with van der Waals surface area (Å²) in [5.74, 6) is -0.462. The molecule has 3 heterocycles. The summed E-state index contributed by atoms with van der Waals surface area (Å²) in [6.07, 6.45) is 5.88. The number of amides is 1. The molecular formula is C24H27FN8O. The predicted octanol–water partition coefficient (Wildman–Crippen LogP) is 3.80. The van der Waals surface area contributed by atoms with Crippen molar-refractivity contribution in [2.45, 2.75) is 20.4 Å². The first-order chi connectivity index (χ1) is 16.3. The molecule has 0 aliphatic heterocycles. The number of benzene rings is 1. The topological polar surface area (TPSA) is 92.9 Å². The first-order valence-corrected chi connectivity index (χ1v) is 10.8. The van der Waals surface area contributed by atoms with E-state index in [0.29, 0.717) is 5.69 Å². The first-order valence-electron chi connectivity index (χ1n) is 10.8. The summed E-state index contributed by atoms with van der Waals surface area (Å²) in [5, 5.41) is 11.2. The number of hydrogen-bond donors (Lipinski definition) is 2. The Kier molecular flexibility index (Phi) is 6.42. The van der Waals surface area contributed by atoms with E-state index in [1.807, 2.05) is 51.0 Å². The summed E-state index contributed by atoms with van der Waals surface area (Å²) in [5.41, 5.74) is 3.99. The minimum absolute atomic E-state index is 0.121. The van der Waals surface area contributed by atoms with E-state index < -0.39 is 5.82 Å². The van der Waals surface area contributed by atoms with Crippen LogP contribution in [0.4, 0.5) is 21.7 Å². The van der Waals surface area contributed by atoms with Gasteiger partial charge in [0.25, 0.3) is 0 Å². The molecule has 3 aromatic heterocycles. The fraction of sp³-hybridized carbons (Fsp3) is 0.250. The smallest absolute Gasteiger partial charge is 0.247 e. The zero-order valence-corrected chi connectivity index (χ0v) is 19.6. The van der Waals surface area contributed by atoms with Crippen molar-refractivity contribution in [3.8, 4) is 5.82 Å². The SMILES string of the molecule is C=CC(=O)Nc1ccc2c(c1)c(C)cn2-c1nc(Nc2cnn(CCN(C)C)c2C)ncc1F. The molecule has 0 atom stereocenters. The van der Waals surface area contributed by atoms with E-state index in [1.54, 1.807) is 16.8 Å². The maximum Gasteiger partial charge on any atom is 0.247 e. The molecule has 0 unspecified atom stereocenters. The molecule has 0 spiro atoms. The van der Waals surface area contributed by atoms with Gasteiger partial charge in [-0.1, -0.05) is 6.58 Å². The summed E-state index contributed by atoms with van der Waals surface area (Å²) >= 11 is 0. The lowest BCUT2D eigenvalue weighted by Crippen LogP contribution is -2.19. The number of likely N-dealkylation sites (N-methyl/N-ethyl adjacent to an activating group) is 1. The van der Waals surface area contributed by atoms with Gasteiger partial charge in [-0.3, -0.25) is 14.0 Å². The van der Waals surface area contributed by atoms with Gasteiger partial charge >= 0.3 is 0 Å². The number of halogens is 1. The van der Waals surface area contributed by atoms with E-state index >= 15 is 0 Å². The Hall–Kier alpha value is -4.05. The van der Waals surface area contributed by atoms with E-state index in [-0.39, 0.29) is 17.7 Å². The van der Waals surface area contributed by atoms with E-state index in [4.69, 9.17) is 0 Å². The van der Waals surface area contributed by atoms with E-state index in [2.05, 4.69) is 37.2 Å². The van der Waals surface area contributed by atoms with Crippen molar-refractivity contribution < 1.29 is 9.18 Å². The quantitative estimate of drug-likeness (QED) is 0.387. The minimum atomic E-state index is -0.551. The number of fused-ring (bicyclic) bond motifs is 1. The van der Waals surface area contributed by atoms with Crippen LogP contribution in [0, 0.1) is 19.7 Å². The minimum Gasteiger partial charge on any atom is -0.323 e. The Morgan fingerprint density at radius 2 is 2.06 bits per heavy atom. The number of nitrogens with one attached hydrogen (secondary N) is 2. The zero-order valence-electron chi connectivity index (χ0n) is 19.6. The van der Waals surface area contributed by atoms with Crippen molar-refractivity contribution in [1.29, 1.82) is 0 Å². The number of carbonyl (C=O) groups is 1. The molecule has 0 fully saturated rings. The summed E-state index contributed by atoms with van der Waals surface area (Å²) < 4.78 is 18.4. The van der Waals surface area contributed by atoms with E-state index in [0.717, 1.165) is 47.1 Å². The maximum atomic E-state index is 14.8. The molecule has 1 amide bonds. The molecule has 0 saturated carbocycles. The fourth-order valence-electron chi connectivity index (χ4n) is 3.64. The standard InChI is InChI=1S/C24H27FN8O/c1-6-22(34)28-17-7-8-21-18(11-17)15(2)14-32(21)23-19(25)12-26-24(30-23)29-20-13-27-33(16(20)3)10-9-31(4)5/h6-8,11-14H,1,9-10H2,2-5H3,(H,28,34)(H,26,29,30). The average molecular weight is 463 g/mol. The van der Waals surface area contributed by atoms with Gasteiger partial charge in [-0.05, 0) is 57.8 Å².